The molecular formula is C16H12BrFO3. The zero-order valence-electron chi connectivity index (χ0n) is 11.1. The standard InChI is InChI=1S/C16H12BrFO3/c1-10-5-6-11(17)9-15(10)21-14-4-2-3-13(18)12(14)7-8-16(19)20/h2-9H,1H3,(H,19,20)/b8-7+. The second kappa shape index (κ2) is 6.54. The molecule has 0 atom stereocenters. The second-order valence-electron chi connectivity index (χ2n) is 4.34. The molecule has 2 aromatic carbocycles. The first-order valence-electron chi connectivity index (χ1n) is 6.11. The summed E-state index contributed by atoms with van der Waals surface area (Å²) in [4.78, 5) is 10.6. The fraction of sp³-hybridized carbons (Fsp3) is 0.0625. The van der Waals surface area contributed by atoms with Gasteiger partial charge in [-0.25, -0.2) is 9.18 Å². The van der Waals surface area contributed by atoms with Crippen molar-refractivity contribution >= 4 is 28.0 Å². The van der Waals surface area contributed by atoms with Crippen LogP contribution in [0.15, 0.2) is 46.9 Å². The van der Waals surface area contributed by atoms with Gasteiger partial charge in [0.25, 0.3) is 0 Å². The molecule has 0 fully saturated rings. The third kappa shape index (κ3) is 3.92. The molecule has 2 aromatic rings. The molecule has 3 nitrogen and oxygen atoms in total. The summed E-state index contributed by atoms with van der Waals surface area (Å²) in [5.41, 5.74) is 0.981. The van der Waals surface area contributed by atoms with E-state index in [0.29, 0.717) is 5.75 Å². The minimum atomic E-state index is -1.15. The first-order chi connectivity index (χ1) is 9.97. The van der Waals surface area contributed by atoms with Crippen LogP contribution >= 0.6 is 15.9 Å². The van der Waals surface area contributed by atoms with E-state index in [1.807, 2.05) is 19.1 Å². The number of carbonyl (C=O) groups is 1. The SMILES string of the molecule is Cc1ccc(Br)cc1Oc1cccc(F)c1/C=C/C(=O)O. The minimum Gasteiger partial charge on any atom is -0.478 e. The lowest BCUT2D eigenvalue weighted by molar-refractivity contribution is -0.131. The van der Waals surface area contributed by atoms with E-state index in [4.69, 9.17) is 9.84 Å². The van der Waals surface area contributed by atoms with Crippen molar-refractivity contribution in [2.75, 3.05) is 0 Å². The van der Waals surface area contributed by atoms with Crippen LogP contribution in [0.4, 0.5) is 4.39 Å². The van der Waals surface area contributed by atoms with Gasteiger partial charge < -0.3 is 9.84 Å². The van der Waals surface area contributed by atoms with Crippen LogP contribution < -0.4 is 4.74 Å². The van der Waals surface area contributed by atoms with Crippen molar-refractivity contribution in [2.45, 2.75) is 6.92 Å². The Balaban J connectivity index is 2.42. The molecule has 0 aliphatic heterocycles. The van der Waals surface area contributed by atoms with E-state index >= 15 is 0 Å². The van der Waals surface area contributed by atoms with Crippen LogP contribution in [0, 0.1) is 12.7 Å². The fourth-order valence-corrected chi connectivity index (χ4v) is 2.07. The molecule has 2 rings (SSSR count). The predicted molar refractivity (Wildman–Crippen MR) is 82.0 cm³/mol. The summed E-state index contributed by atoms with van der Waals surface area (Å²) in [5, 5.41) is 8.67. The molecule has 0 radical (unpaired) electrons. The van der Waals surface area contributed by atoms with Crippen molar-refractivity contribution in [3.63, 3.8) is 0 Å². The molecule has 0 saturated heterocycles. The van der Waals surface area contributed by atoms with Gasteiger partial charge in [-0.3, -0.25) is 0 Å². The van der Waals surface area contributed by atoms with Crippen LogP contribution in [0.5, 0.6) is 11.5 Å². The topological polar surface area (TPSA) is 46.5 Å². The molecule has 1 N–H and O–H groups in total. The molecule has 0 aliphatic rings. The molecule has 21 heavy (non-hydrogen) atoms. The highest BCUT2D eigenvalue weighted by atomic mass is 79.9. The number of carboxylic acid groups (broad SMARTS) is 1. The zero-order valence-corrected chi connectivity index (χ0v) is 12.7. The van der Waals surface area contributed by atoms with Gasteiger partial charge in [-0.15, -0.1) is 0 Å². The Morgan fingerprint density at radius 2 is 2.05 bits per heavy atom. The van der Waals surface area contributed by atoms with Crippen LogP contribution in [0.25, 0.3) is 6.08 Å². The highest BCUT2D eigenvalue weighted by Crippen LogP contribution is 2.31. The van der Waals surface area contributed by atoms with Crippen molar-refractivity contribution in [2.24, 2.45) is 0 Å². The van der Waals surface area contributed by atoms with E-state index in [2.05, 4.69) is 15.9 Å². The normalized spacial score (nSPS) is 10.8. The molecule has 108 valence electrons. The summed E-state index contributed by atoms with van der Waals surface area (Å²) in [5.74, 6) is -0.867. The van der Waals surface area contributed by atoms with Gasteiger partial charge in [0.2, 0.25) is 0 Å². The third-order valence-corrected chi connectivity index (χ3v) is 3.27. The zero-order chi connectivity index (χ0) is 15.4. The maximum Gasteiger partial charge on any atom is 0.328 e. The van der Waals surface area contributed by atoms with Crippen molar-refractivity contribution < 1.29 is 19.0 Å². The van der Waals surface area contributed by atoms with Gasteiger partial charge in [0.15, 0.2) is 0 Å². The van der Waals surface area contributed by atoms with Gasteiger partial charge in [0.1, 0.15) is 17.3 Å². The molecule has 0 aromatic heterocycles. The lowest BCUT2D eigenvalue weighted by Gasteiger charge is -2.12. The highest BCUT2D eigenvalue weighted by Gasteiger charge is 2.10. The molecule has 0 aliphatic carbocycles. The summed E-state index contributed by atoms with van der Waals surface area (Å²) in [6, 6.07) is 9.86. The Kier molecular flexibility index (Phi) is 4.75. The molecule has 0 heterocycles. The summed E-state index contributed by atoms with van der Waals surface area (Å²) in [7, 11) is 0. The van der Waals surface area contributed by atoms with Gasteiger partial charge in [0, 0.05) is 10.5 Å². The highest BCUT2D eigenvalue weighted by molar-refractivity contribution is 9.10. The molecule has 0 saturated carbocycles. The molecular weight excluding hydrogens is 339 g/mol. The quantitative estimate of drug-likeness (QED) is 0.806. The maximum atomic E-state index is 13.8. The van der Waals surface area contributed by atoms with Crippen LogP contribution in [0.2, 0.25) is 0 Å². The minimum absolute atomic E-state index is 0.0966. The Morgan fingerprint density at radius 3 is 2.76 bits per heavy atom. The number of hydrogen-bond donors (Lipinski definition) is 1. The third-order valence-electron chi connectivity index (χ3n) is 2.78. The fourth-order valence-electron chi connectivity index (χ4n) is 1.72. The van der Waals surface area contributed by atoms with Crippen LogP contribution in [-0.4, -0.2) is 11.1 Å². The Bertz CT molecular complexity index is 711. The summed E-state index contributed by atoms with van der Waals surface area (Å²) < 4.78 is 20.4. The van der Waals surface area contributed by atoms with E-state index in [9.17, 15) is 9.18 Å². The Hall–Kier alpha value is -2.14. The average Bonchev–Trinajstić information content (AvgIpc) is 2.42. The number of carboxylic acids is 1. The number of aliphatic carboxylic acids is 1. The number of rotatable bonds is 4. The predicted octanol–water partition coefficient (Wildman–Crippen LogP) is 4.79. The Labute approximate surface area is 129 Å². The van der Waals surface area contributed by atoms with E-state index in [1.54, 1.807) is 12.1 Å². The maximum absolute atomic E-state index is 13.8. The molecule has 0 unspecified atom stereocenters. The summed E-state index contributed by atoms with van der Waals surface area (Å²) in [6.45, 7) is 1.87. The van der Waals surface area contributed by atoms with Crippen molar-refractivity contribution in [1.29, 1.82) is 0 Å². The van der Waals surface area contributed by atoms with Crippen LogP contribution in [0.3, 0.4) is 0 Å². The van der Waals surface area contributed by atoms with Gasteiger partial charge in [-0.1, -0.05) is 28.1 Å². The number of hydrogen-bond acceptors (Lipinski definition) is 2. The number of halogens is 2. The van der Waals surface area contributed by atoms with Crippen LogP contribution in [0.1, 0.15) is 11.1 Å². The van der Waals surface area contributed by atoms with Gasteiger partial charge in [-0.2, -0.15) is 0 Å². The smallest absolute Gasteiger partial charge is 0.328 e. The van der Waals surface area contributed by atoms with Gasteiger partial charge in [0.05, 0.1) is 5.56 Å². The van der Waals surface area contributed by atoms with E-state index in [-0.39, 0.29) is 11.3 Å². The van der Waals surface area contributed by atoms with Crippen molar-refractivity contribution in [3.05, 3.63) is 63.9 Å². The molecule has 0 bridgehead atoms. The van der Waals surface area contributed by atoms with E-state index in [1.165, 1.54) is 18.2 Å². The molecule has 0 amide bonds. The first-order valence-corrected chi connectivity index (χ1v) is 6.90. The largest absolute Gasteiger partial charge is 0.478 e. The van der Waals surface area contributed by atoms with E-state index < -0.39 is 11.8 Å². The van der Waals surface area contributed by atoms with E-state index in [0.717, 1.165) is 16.1 Å². The average molecular weight is 351 g/mol. The lowest BCUT2D eigenvalue weighted by atomic mass is 10.1. The second-order valence-corrected chi connectivity index (χ2v) is 5.25. The van der Waals surface area contributed by atoms with Crippen LogP contribution in [-0.2, 0) is 4.79 Å². The van der Waals surface area contributed by atoms with Gasteiger partial charge in [-0.05, 0) is 42.8 Å². The van der Waals surface area contributed by atoms with Crippen molar-refractivity contribution in [1.82, 2.24) is 0 Å². The van der Waals surface area contributed by atoms with Crippen molar-refractivity contribution in [3.8, 4) is 11.5 Å². The monoisotopic (exact) mass is 350 g/mol. The lowest BCUT2D eigenvalue weighted by Crippen LogP contribution is -1.94. The Morgan fingerprint density at radius 1 is 1.29 bits per heavy atom. The molecule has 0 spiro atoms. The number of aryl methyl sites for hydroxylation is 1. The summed E-state index contributed by atoms with van der Waals surface area (Å²) >= 11 is 3.35. The summed E-state index contributed by atoms with van der Waals surface area (Å²) in [6.07, 6.45) is 2.05. The first kappa shape index (κ1) is 15.3. The van der Waals surface area contributed by atoms with Gasteiger partial charge >= 0.3 is 5.97 Å². The number of ether oxygens (including phenoxy) is 1. The molecule has 5 heteroatoms. The number of benzene rings is 2.